The molecule has 100 valence electrons. The van der Waals surface area contributed by atoms with Crippen molar-refractivity contribution in [2.75, 3.05) is 13.2 Å². The van der Waals surface area contributed by atoms with Crippen LogP contribution >= 0.6 is 11.6 Å². The predicted octanol–water partition coefficient (Wildman–Crippen LogP) is 2.77. The van der Waals surface area contributed by atoms with Gasteiger partial charge in [-0.15, -0.1) is 0 Å². The first-order valence-corrected chi connectivity index (χ1v) is 6.45. The quantitative estimate of drug-likeness (QED) is 0.713. The molecule has 0 bridgehead atoms. The Kier molecular flexibility index (Phi) is 6.80. The molecule has 4 heteroatoms. The number of hydrogen-bond donors (Lipinski definition) is 2. The van der Waals surface area contributed by atoms with Gasteiger partial charge in [0.1, 0.15) is 12.4 Å². The Labute approximate surface area is 113 Å². The van der Waals surface area contributed by atoms with Crippen LogP contribution in [-0.2, 0) is 6.54 Å². The molecule has 0 spiro atoms. The summed E-state index contributed by atoms with van der Waals surface area (Å²) in [6.45, 7) is 6.89. The molecule has 0 aliphatic rings. The average Bonchev–Trinajstić information content (AvgIpc) is 2.39. The van der Waals surface area contributed by atoms with Crippen LogP contribution in [0.1, 0.15) is 18.9 Å². The van der Waals surface area contributed by atoms with Crippen molar-refractivity contribution in [2.45, 2.75) is 25.9 Å². The largest absolute Gasteiger partial charge is 0.488 e. The van der Waals surface area contributed by atoms with Gasteiger partial charge >= 0.3 is 0 Å². The number of rotatable bonds is 8. The van der Waals surface area contributed by atoms with Gasteiger partial charge in [0.15, 0.2) is 0 Å². The Morgan fingerprint density at radius 3 is 2.89 bits per heavy atom. The Balaban J connectivity index is 2.57. The molecule has 0 amide bonds. The zero-order valence-corrected chi connectivity index (χ0v) is 11.4. The minimum Gasteiger partial charge on any atom is -0.488 e. The fraction of sp³-hybridized carbons (Fsp3) is 0.429. The van der Waals surface area contributed by atoms with Crippen LogP contribution in [0, 0.1) is 0 Å². The van der Waals surface area contributed by atoms with Gasteiger partial charge in [-0.3, -0.25) is 0 Å². The summed E-state index contributed by atoms with van der Waals surface area (Å²) in [6, 6.07) is 5.81. The van der Waals surface area contributed by atoms with E-state index in [2.05, 4.69) is 11.9 Å². The van der Waals surface area contributed by atoms with Crippen molar-refractivity contribution in [3.63, 3.8) is 0 Å². The fourth-order valence-corrected chi connectivity index (χ4v) is 1.78. The molecule has 1 rings (SSSR count). The highest BCUT2D eigenvalue weighted by atomic mass is 35.5. The Morgan fingerprint density at radius 1 is 1.56 bits per heavy atom. The third-order valence-corrected chi connectivity index (χ3v) is 2.96. The van der Waals surface area contributed by atoms with Gasteiger partial charge in [-0.1, -0.05) is 37.2 Å². The minimum absolute atomic E-state index is 0.125. The SMILES string of the molecule is C=CCOc1ccc(CNC(CC)CO)cc1Cl. The summed E-state index contributed by atoms with van der Waals surface area (Å²) < 4.78 is 5.40. The molecule has 0 saturated carbocycles. The maximum atomic E-state index is 9.08. The molecule has 0 heterocycles. The van der Waals surface area contributed by atoms with Gasteiger partial charge in [-0.2, -0.15) is 0 Å². The molecule has 1 aromatic rings. The Hall–Kier alpha value is -1.03. The zero-order valence-electron chi connectivity index (χ0n) is 10.7. The number of aliphatic hydroxyl groups is 1. The van der Waals surface area contributed by atoms with Crippen LogP contribution in [0.5, 0.6) is 5.75 Å². The molecule has 0 aliphatic heterocycles. The van der Waals surface area contributed by atoms with E-state index >= 15 is 0 Å². The molecule has 18 heavy (non-hydrogen) atoms. The summed E-state index contributed by atoms with van der Waals surface area (Å²) in [5, 5.41) is 12.9. The van der Waals surface area contributed by atoms with E-state index in [0.717, 1.165) is 12.0 Å². The molecule has 0 radical (unpaired) electrons. The monoisotopic (exact) mass is 269 g/mol. The lowest BCUT2D eigenvalue weighted by Crippen LogP contribution is -2.31. The topological polar surface area (TPSA) is 41.5 Å². The van der Waals surface area contributed by atoms with Gasteiger partial charge in [0, 0.05) is 12.6 Å². The van der Waals surface area contributed by atoms with E-state index in [9.17, 15) is 0 Å². The van der Waals surface area contributed by atoms with E-state index in [0.29, 0.717) is 23.9 Å². The summed E-state index contributed by atoms with van der Waals surface area (Å²) in [7, 11) is 0. The molecule has 0 fully saturated rings. The third-order valence-electron chi connectivity index (χ3n) is 2.66. The standard InChI is InChI=1S/C14H20ClNO2/c1-3-7-18-14-6-5-11(8-13(14)15)9-16-12(4-2)10-17/h3,5-6,8,12,16-17H,1,4,7,9-10H2,2H3. The number of ether oxygens (including phenoxy) is 1. The summed E-state index contributed by atoms with van der Waals surface area (Å²) in [4.78, 5) is 0. The van der Waals surface area contributed by atoms with Crippen LogP contribution in [0.4, 0.5) is 0 Å². The molecule has 1 unspecified atom stereocenters. The van der Waals surface area contributed by atoms with Crippen LogP contribution in [0.2, 0.25) is 5.02 Å². The van der Waals surface area contributed by atoms with Gasteiger partial charge in [0.2, 0.25) is 0 Å². The molecule has 1 atom stereocenters. The first-order valence-electron chi connectivity index (χ1n) is 6.07. The summed E-state index contributed by atoms with van der Waals surface area (Å²) in [6.07, 6.45) is 2.57. The van der Waals surface area contributed by atoms with Gasteiger partial charge in [-0.05, 0) is 24.1 Å². The second-order valence-corrected chi connectivity index (χ2v) is 4.44. The van der Waals surface area contributed by atoms with Crippen LogP contribution in [-0.4, -0.2) is 24.4 Å². The maximum Gasteiger partial charge on any atom is 0.138 e. The highest BCUT2D eigenvalue weighted by Gasteiger charge is 2.06. The predicted molar refractivity (Wildman–Crippen MR) is 75.1 cm³/mol. The van der Waals surface area contributed by atoms with E-state index in [1.807, 2.05) is 25.1 Å². The summed E-state index contributed by atoms with van der Waals surface area (Å²) in [5.74, 6) is 0.662. The normalized spacial score (nSPS) is 12.2. The minimum atomic E-state index is 0.125. The molecule has 0 aliphatic carbocycles. The van der Waals surface area contributed by atoms with Crippen LogP contribution < -0.4 is 10.1 Å². The number of halogens is 1. The number of hydrogen-bond acceptors (Lipinski definition) is 3. The van der Waals surface area contributed by atoms with E-state index in [4.69, 9.17) is 21.4 Å². The van der Waals surface area contributed by atoms with Crippen molar-refractivity contribution in [3.05, 3.63) is 41.4 Å². The molecule has 0 saturated heterocycles. The second-order valence-electron chi connectivity index (χ2n) is 4.03. The van der Waals surface area contributed by atoms with Crippen molar-refractivity contribution in [1.82, 2.24) is 5.32 Å². The summed E-state index contributed by atoms with van der Waals surface area (Å²) >= 11 is 6.11. The highest BCUT2D eigenvalue weighted by molar-refractivity contribution is 6.32. The van der Waals surface area contributed by atoms with Crippen molar-refractivity contribution in [1.29, 1.82) is 0 Å². The van der Waals surface area contributed by atoms with Crippen molar-refractivity contribution in [3.8, 4) is 5.75 Å². The molecule has 0 aromatic heterocycles. The summed E-state index contributed by atoms with van der Waals surface area (Å²) in [5.41, 5.74) is 1.07. The second kappa shape index (κ2) is 8.14. The molecule has 2 N–H and O–H groups in total. The molecule has 3 nitrogen and oxygen atoms in total. The van der Waals surface area contributed by atoms with Crippen molar-refractivity contribution in [2.24, 2.45) is 0 Å². The zero-order chi connectivity index (χ0) is 13.4. The smallest absolute Gasteiger partial charge is 0.138 e. The lowest BCUT2D eigenvalue weighted by molar-refractivity contribution is 0.238. The number of aliphatic hydroxyl groups excluding tert-OH is 1. The van der Waals surface area contributed by atoms with Crippen LogP contribution in [0.15, 0.2) is 30.9 Å². The average molecular weight is 270 g/mol. The van der Waals surface area contributed by atoms with Gasteiger partial charge in [0.25, 0.3) is 0 Å². The lowest BCUT2D eigenvalue weighted by Gasteiger charge is -2.14. The van der Waals surface area contributed by atoms with E-state index in [1.165, 1.54) is 0 Å². The van der Waals surface area contributed by atoms with E-state index in [-0.39, 0.29) is 12.6 Å². The first-order chi connectivity index (χ1) is 8.71. The van der Waals surface area contributed by atoms with Crippen molar-refractivity contribution < 1.29 is 9.84 Å². The van der Waals surface area contributed by atoms with Gasteiger partial charge in [0.05, 0.1) is 11.6 Å². The van der Waals surface area contributed by atoms with Crippen LogP contribution in [0.3, 0.4) is 0 Å². The van der Waals surface area contributed by atoms with Gasteiger partial charge in [-0.25, -0.2) is 0 Å². The van der Waals surface area contributed by atoms with E-state index < -0.39 is 0 Å². The maximum absolute atomic E-state index is 9.08. The van der Waals surface area contributed by atoms with Crippen molar-refractivity contribution >= 4 is 11.6 Å². The molecular weight excluding hydrogens is 250 g/mol. The van der Waals surface area contributed by atoms with Gasteiger partial charge < -0.3 is 15.2 Å². The van der Waals surface area contributed by atoms with Crippen LogP contribution in [0.25, 0.3) is 0 Å². The number of benzene rings is 1. The lowest BCUT2D eigenvalue weighted by atomic mass is 10.2. The Bertz CT molecular complexity index is 378. The number of nitrogens with one attached hydrogen (secondary N) is 1. The third kappa shape index (κ3) is 4.69. The molecule has 1 aromatic carbocycles. The Morgan fingerprint density at radius 2 is 2.33 bits per heavy atom. The first kappa shape index (κ1) is 15.0. The highest BCUT2D eigenvalue weighted by Crippen LogP contribution is 2.25. The molecular formula is C14H20ClNO2. The fourth-order valence-electron chi connectivity index (χ4n) is 1.52. The van der Waals surface area contributed by atoms with E-state index in [1.54, 1.807) is 6.08 Å².